The minimum absolute atomic E-state index is 0.250. The van der Waals surface area contributed by atoms with E-state index in [-0.39, 0.29) is 5.69 Å². The predicted molar refractivity (Wildman–Crippen MR) is 67.4 cm³/mol. The van der Waals surface area contributed by atoms with Crippen molar-refractivity contribution in [3.8, 4) is 11.1 Å². The van der Waals surface area contributed by atoms with Crippen molar-refractivity contribution in [2.75, 3.05) is 0 Å². The van der Waals surface area contributed by atoms with Crippen LogP contribution in [-0.4, -0.2) is 16.1 Å². The molecule has 0 aliphatic heterocycles. The van der Waals surface area contributed by atoms with E-state index < -0.39 is 5.97 Å². The molecule has 0 amide bonds. The van der Waals surface area contributed by atoms with Gasteiger partial charge in [0.25, 0.3) is 0 Å². The van der Waals surface area contributed by atoms with Crippen LogP contribution in [0, 0.1) is 20.8 Å². The molecule has 0 spiro atoms. The third-order valence-electron chi connectivity index (χ3n) is 2.91. The fourth-order valence-electron chi connectivity index (χ4n) is 2.36. The summed E-state index contributed by atoms with van der Waals surface area (Å²) in [5, 5.41) is 9.12. The van der Waals surface area contributed by atoms with E-state index >= 15 is 0 Å². The summed E-state index contributed by atoms with van der Waals surface area (Å²) in [5.74, 6) is -0.927. The third kappa shape index (κ3) is 1.96. The number of carboxylic acid groups (broad SMARTS) is 1. The fraction of sp³-hybridized carbons (Fsp3) is 0.214. The lowest BCUT2D eigenvalue weighted by molar-refractivity contribution is 0.0692. The summed E-state index contributed by atoms with van der Waals surface area (Å²) >= 11 is 0. The van der Waals surface area contributed by atoms with E-state index in [4.69, 9.17) is 5.11 Å². The number of hydrogen-bond donors (Lipinski definition) is 2. The molecule has 3 heteroatoms. The quantitative estimate of drug-likeness (QED) is 0.830. The van der Waals surface area contributed by atoms with Gasteiger partial charge in [-0.15, -0.1) is 0 Å². The molecular formula is C14H15NO2. The van der Waals surface area contributed by atoms with Gasteiger partial charge >= 0.3 is 5.97 Å². The molecule has 2 rings (SSSR count). The molecule has 0 fully saturated rings. The van der Waals surface area contributed by atoms with Gasteiger partial charge in [0.05, 0.1) is 0 Å². The summed E-state index contributed by atoms with van der Waals surface area (Å²) in [7, 11) is 0. The lowest BCUT2D eigenvalue weighted by atomic mass is 9.94. The van der Waals surface area contributed by atoms with Crippen molar-refractivity contribution in [1.29, 1.82) is 0 Å². The topological polar surface area (TPSA) is 53.1 Å². The first-order valence-corrected chi connectivity index (χ1v) is 5.49. The molecule has 88 valence electrons. The average Bonchev–Trinajstić information content (AvgIpc) is 2.64. The number of aromatic amines is 1. The normalized spacial score (nSPS) is 10.5. The van der Waals surface area contributed by atoms with Crippen molar-refractivity contribution in [1.82, 2.24) is 4.98 Å². The third-order valence-corrected chi connectivity index (χ3v) is 2.91. The first-order chi connectivity index (χ1) is 8.00. The second-order valence-corrected chi connectivity index (χ2v) is 4.35. The number of aromatic carboxylic acids is 1. The van der Waals surface area contributed by atoms with Crippen molar-refractivity contribution in [3.05, 3.63) is 46.8 Å². The van der Waals surface area contributed by atoms with Gasteiger partial charge in [0.1, 0.15) is 5.69 Å². The van der Waals surface area contributed by atoms with Crippen LogP contribution in [0.2, 0.25) is 0 Å². The molecule has 1 aromatic heterocycles. The Morgan fingerprint density at radius 3 is 2.29 bits per heavy atom. The minimum atomic E-state index is -0.927. The van der Waals surface area contributed by atoms with E-state index in [2.05, 4.69) is 17.1 Å². The van der Waals surface area contributed by atoms with Crippen molar-refractivity contribution >= 4 is 5.97 Å². The Bertz CT molecular complexity index is 559. The van der Waals surface area contributed by atoms with E-state index in [1.54, 1.807) is 6.20 Å². The number of H-pyrrole nitrogens is 1. The summed E-state index contributed by atoms with van der Waals surface area (Å²) in [6, 6.07) is 5.95. The standard InChI is InChI=1S/C14H15NO2/c1-8-6-9(2)12(10(3)7-8)11-4-5-15-13(11)14(16)17/h4-7,15H,1-3H3,(H,16,17). The maximum atomic E-state index is 11.1. The molecule has 0 atom stereocenters. The molecule has 2 N–H and O–H groups in total. The van der Waals surface area contributed by atoms with Crippen LogP contribution in [0.15, 0.2) is 24.4 Å². The highest BCUT2D eigenvalue weighted by atomic mass is 16.4. The predicted octanol–water partition coefficient (Wildman–Crippen LogP) is 3.31. The van der Waals surface area contributed by atoms with Gasteiger partial charge in [-0.1, -0.05) is 17.7 Å². The van der Waals surface area contributed by atoms with E-state index in [1.807, 2.05) is 26.8 Å². The van der Waals surface area contributed by atoms with Gasteiger partial charge in [-0.25, -0.2) is 4.79 Å². The van der Waals surface area contributed by atoms with Gasteiger partial charge < -0.3 is 10.1 Å². The zero-order valence-corrected chi connectivity index (χ0v) is 10.2. The molecule has 0 unspecified atom stereocenters. The molecule has 0 radical (unpaired) electrons. The average molecular weight is 229 g/mol. The van der Waals surface area contributed by atoms with Crippen LogP contribution in [0.4, 0.5) is 0 Å². The van der Waals surface area contributed by atoms with Crippen molar-refractivity contribution in [3.63, 3.8) is 0 Å². The van der Waals surface area contributed by atoms with Gasteiger partial charge in [0.15, 0.2) is 0 Å². The van der Waals surface area contributed by atoms with Crippen LogP contribution in [-0.2, 0) is 0 Å². The monoisotopic (exact) mass is 229 g/mol. The van der Waals surface area contributed by atoms with E-state index in [1.165, 1.54) is 5.56 Å². The second-order valence-electron chi connectivity index (χ2n) is 4.35. The second kappa shape index (κ2) is 4.09. The minimum Gasteiger partial charge on any atom is -0.477 e. The summed E-state index contributed by atoms with van der Waals surface area (Å²) in [6.07, 6.45) is 1.66. The maximum Gasteiger partial charge on any atom is 0.352 e. The molecule has 17 heavy (non-hydrogen) atoms. The molecule has 1 aromatic carbocycles. The first-order valence-electron chi connectivity index (χ1n) is 5.49. The number of aryl methyl sites for hydroxylation is 3. The highest BCUT2D eigenvalue weighted by molar-refractivity contribution is 5.95. The Kier molecular flexibility index (Phi) is 2.76. The van der Waals surface area contributed by atoms with Crippen LogP contribution in [0.1, 0.15) is 27.2 Å². The molecule has 0 saturated heterocycles. The summed E-state index contributed by atoms with van der Waals surface area (Å²) < 4.78 is 0. The fourth-order valence-corrected chi connectivity index (χ4v) is 2.36. The number of nitrogens with one attached hydrogen (secondary N) is 1. The summed E-state index contributed by atoms with van der Waals surface area (Å²) in [4.78, 5) is 13.9. The molecule has 0 aliphatic carbocycles. The van der Waals surface area contributed by atoms with Crippen LogP contribution < -0.4 is 0 Å². The molecule has 0 aliphatic rings. The number of carboxylic acids is 1. The van der Waals surface area contributed by atoms with Gasteiger partial charge in [-0.3, -0.25) is 0 Å². The first kappa shape index (κ1) is 11.5. The van der Waals surface area contributed by atoms with Gasteiger partial charge in [0.2, 0.25) is 0 Å². The van der Waals surface area contributed by atoms with Crippen molar-refractivity contribution in [2.24, 2.45) is 0 Å². The van der Waals surface area contributed by atoms with Gasteiger partial charge in [-0.2, -0.15) is 0 Å². The van der Waals surface area contributed by atoms with E-state index in [0.717, 1.165) is 22.3 Å². The Balaban J connectivity index is 2.69. The van der Waals surface area contributed by atoms with E-state index in [0.29, 0.717) is 0 Å². The lowest BCUT2D eigenvalue weighted by Crippen LogP contribution is -2.00. The summed E-state index contributed by atoms with van der Waals surface area (Å²) in [5.41, 5.74) is 5.41. The van der Waals surface area contributed by atoms with Crippen molar-refractivity contribution < 1.29 is 9.90 Å². The SMILES string of the molecule is Cc1cc(C)c(-c2cc[nH]c2C(=O)O)c(C)c1. The molecule has 1 heterocycles. The van der Waals surface area contributed by atoms with Crippen LogP contribution in [0.3, 0.4) is 0 Å². The maximum absolute atomic E-state index is 11.1. The highest BCUT2D eigenvalue weighted by Gasteiger charge is 2.16. The van der Waals surface area contributed by atoms with Crippen molar-refractivity contribution in [2.45, 2.75) is 20.8 Å². The Hall–Kier alpha value is -2.03. The Morgan fingerprint density at radius 1 is 1.18 bits per heavy atom. The number of carbonyl (C=O) groups is 1. The molecule has 2 aromatic rings. The van der Waals surface area contributed by atoms with Gasteiger partial charge in [0, 0.05) is 11.8 Å². The van der Waals surface area contributed by atoms with Crippen LogP contribution in [0.25, 0.3) is 11.1 Å². The Labute approximate surface area is 100 Å². The molecular weight excluding hydrogens is 214 g/mol. The molecule has 0 saturated carbocycles. The zero-order chi connectivity index (χ0) is 12.6. The zero-order valence-electron chi connectivity index (χ0n) is 10.2. The van der Waals surface area contributed by atoms with Gasteiger partial charge in [-0.05, 0) is 43.5 Å². The number of hydrogen-bond acceptors (Lipinski definition) is 1. The molecule has 3 nitrogen and oxygen atoms in total. The van der Waals surface area contributed by atoms with Crippen LogP contribution in [0.5, 0.6) is 0 Å². The van der Waals surface area contributed by atoms with E-state index in [9.17, 15) is 4.79 Å². The number of rotatable bonds is 2. The number of benzene rings is 1. The lowest BCUT2D eigenvalue weighted by Gasteiger charge is -2.11. The summed E-state index contributed by atoms with van der Waals surface area (Å²) in [6.45, 7) is 6.06. The number of aromatic nitrogens is 1. The molecule has 0 bridgehead atoms. The Morgan fingerprint density at radius 2 is 1.76 bits per heavy atom. The highest BCUT2D eigenvalue weighted by Crippen LogP contribution is 2.30. The van der Waals surface area contributed by atoms with Crippen LogP contribution >= 0.6 is 0 Å². The smallest absolute Gasteiger partial charge is 0.352 e. The largest absolute Gasteiger partial charge is 0.477 e.